The molecule has 4 aromatic rings. The molecule has 0 radical (unpaired) electrons. The zero-order valence-electron chi connectivity index (χ0n) is 20.2. The molecule has 6 rings (SSSR count). The zero-order valence-corrected chi connectivity index (χ0v) is 22.6. The topological polar surface area (TPSA) is 34.4 Å². The third kappa shape index (κ3) is 4.66. The summed E-state index contributed by atoms with van der Waals surface area (Å²) in [6, 6.07) is 23.6. The Morgan fingerprint density at radius 3 is 2.35 bits per heavy atom. The Labute approximate surface area is 229 Å². The zero-order chi connectivity index (χ0) is 25.5. The maximum atomic E-state index is 13.9. The maximum Gasteiger partial charge on any atom is 0.271 e. The van der Waals surface area contributed by atoms with Gasteiger partial charge in [0.05, 0.1) is 16.3 Å². The van der Waals surface area contributed by atoms with E-state index in [-0.39, 0.29) is 11.6 Å². The number of thiazole rings is 1. The minimum absolute atomic E-state index is 0.00712. The molecule has 0 fully saturated rings. The molecule has 37 heavy (non-hydrogen) atoms. The van der Waals surface area contributed by atoms with Crippen LogP contribution in [0.1, 0.15) is 47.6 Å². The largest absolute Gasteiger partial charge is 0.272 e. The van der Waals surface area contributed by atoms with Crippen LogP contribution in [-0.2, 0) is 0 Å². The number of aromatic nitrogens is 1. The molecule has 0 saturated carbocycles. The van der Waals surface area contributed by atoms with E-state index in [4.69, 9.17) is 28.2 Å². The van der Waals surface area contributed by atoms with Gasteiger partial charge < -0.3 is 0 Å². The van der Waals surface area contributed by atoms with Gasteiger partial charge >= 0.3 is 0 Å². The fourth-order valence-electron chi connectivity index (χ4n) is 5.15. The predicted octanol–water partition coefficient (Wildman–Crippen LogP) is 7.10. The summed E-state index contributed by atoms with van der Waals surface area (Å²) in [5, 5.41) is 1.40. The van der Waals surface area contributed by atoms with Gasteiger partial charge in [-0.3, -0.25) is 9.36 Å². The van der Waals surface area contributed by atoms with Crippen molar-refractivity contribution in [2.45, 2.75) is 32.2 Å². The van der Waals surface area contributed by atoms with E-state index in [1.807, 2.05) is 77.4 Å². The fourth-order valence-corrected chi connectivity index (χ4v) is 6.40. The van der Waals surface area contributed by atoms with E-state index in [1.54, 1.807) is 0 Å². The lowest BCUT2D eigenvalue weighted by Gasteiger charge is -2.31. The van der Waals surface area contributed by atoms with Crippen molar-refractivity contribution in [3.05, 3.63) is 142 Å². The third-order valence-electron chi connectivity index (χ3n) is 7.00. The molecule has 2 heterocycles. The van der Waals surface area contributed by atoms with Gasteiger partial charge in [-0.2, -0.15) is 0 Å². The number of benzene rings is 3. The molecule has 0 spiro atoms. The number of hydrogen-bond donors (Lipinski definition) is 0. The number of aryl methyl sites for hydroxylation is 1. The number of fused-ring (bicyclic) bond motifs is 1. The van der Waals surface area contributed by atoms with Gasteiger partial charge in [0.2, 0.25) is 0 Å². The summed E-state index contributed by atoms with van der Waals surface area (Å²) < 4.78 is 2.57. The van der Waals surface area contributed by atoms with E-state index in [2.05, 4.69) is 19.1 Å². The van der Waals surface area contributed by atoms with Crippen LogP contribution in [-0.4, -0.2) is 4.57 Å². The average Bonchev–Trinajstić information content (AvgIpc) is 3.21. The van der Waals surface area contributed by atoms with Gasteiger partial charge in [0.1, 0.15) is 0 Å². The Balaban J connectivity index is 1.58. The second-order valence-corrected chi connectivity index (χ2v) is 11.3. The second kappa shape index (κ2) is 9.94. The first kappa shape index (κ1) is 24.2. The summed E-state index contributed by atoms with van der Waals surface area (Å²) in [4.78, 5) is 19.7. The van der Waals surface area contributed by atoms with Crippen molar-refractivity contribution in [1.29, 1.82) is 0 Å². The molecule has 2 aliphatic rings. The smallest absolute Gasteiger partial charge is 0.271 e. The molecule has 0 amide bonds. The van der Waals surface area contributed by atoms with Crippen LogP contribution in [0.2, 0.25) is 10.0 Å². The molecular weight excluding hydrogens is 519 g/mol. The quantitative estimate of drug-likeness (QED) is 0.272. The molecule has 0 bridgehead atoms. The number of rotatable bonds is 3. The van der Waals surface area contributed by atoms with Crippen molar-refractivity contribution in [2.75, 3.05) is 0 Å². The van der Waals surface area contributed by atoms with Gasteiger partial charge in [-0.05, 0) is 96.0 Å². The van der Waals surface area contributed by atoms with Gasteiger partial charge in [0.15, 0.2) is 4.80 Å². The van der Waals surface area contributed by atoms with Crippen molar-refractivity contribution in [1.82, 2.24) is 4.57 Å². The first-order valence-electron chi connectivity index (χ1n) is 12.3. The summed E-state index contributed by atoms with van der Waals surface area (Å²) in [6.07, 6.45) is 7.04. The molecule has 3 aromatic carbocycles. The van der Waals surface area contributed by atoms with Gasteiger partial charge in [-0.15, -0.1) is 0 Å². The highest BCUT2D eigenvalue weighted by molar-refractivity contribution is 7.07. The molecule has 0 unspecified atom stereocenters. The first-order chi connectivity index (χ1) is 18.0. The van der Waals surface area contributed by atoms with Gasteiger partial charge in [-0.1, -0.05) is 83.1 Å². The van der Waals surface area contributed by atoms with Crippen LogP contribution in [0.4, 0.5) is 0 Å². The predicted molar refractivity (Wildman–Crippen MR) is 154 cm³/mol. The van der Waals surface area contributed by atoms with E-state index >= 15 is 0 Å². The van der Waals surface area contributed by atoms with Crippen LogP contribution < -0.4 is 14.9 Å². The van der Waals surface area contributed by atoms with Gasteiger partial charge in [-0.25, -0.2) is 4.99 Å². The SMILES string of the molecule is Cc1ccccc1/C=c1/sc2n(c1=O)[C@@H](c1ccc(Cl)cc1)C1=C(N=2)/C(=C/c2ccc(Cl)cc2)CCC1. The summed E-state index contributed by atoms with van der Waals surface area (Å²) >= 11 is 13.8. The van der Waals surface area contributed by atoms with E-state index < -0.39 is 0 Å². The molecule has 1 aliphatic heterocycles. The number of hydrogen-bond acceptors (Lipinski definition) is 3. The van der Waals surface area contributed by atoms with Crippen molar-refractivity contribution in [3.63, 3.8) is 0 Å². The average molecular weight is 544 g/mol. The Kier molecular flexibility index (Phi) is 6.49. The Bertz CT molecular complexity index is 1740. The highest BCUT2D eigenvalue weighted by Gasteiger charge is 2.32. The Hall–Kier alpha value is -3.18. The molecule has 6 heteroatoms. The summed E-state index contributed by atoms with van der Waals surface area (Å²) in [7, 11) is 0. The van der Waals surface area contributed by atoms with Crippen LogP contribution >= 0.6 is 34.5 Å². The van der Waals surface area contributed by atoms with Crippen molar-refractivity contribution in [3.8, 4) is 0 Å². The minimum Gasteiger partial charge on any atom is -0.272 e. The van der Waals surface area contributed by atoms with Gasteiger partial charge in [0.25, 0.3) is 5.56 Å². The van der Waals surface area contributed by atoms with Crippen LogP contribution in [0.3, 0.4) is 0 Å². The molecule has 1 aliphatic carbocycles. The Morgan fingerprint density at radius 1 is 0.919 bits per heavy atom. The summed E-state index contributed by atoms with van der Waals surface area (Å²) in [5.74, 6) is 0. The Morgan fingerprint density at radius 2 is 1.62 bits per heavy atom. The molecular formula is C31H24Cl2N2OS. The molecule has 0 N–H and O–H groups in total. The highest BCUT2D eigenvalue weighted by Crippen LogP contribution is 2.41. The fraction of sp³-hybridized carbons (Fsp3) is 0.161. The number of nitrogens with zero attached hydrogens (tertiary/aromatic N) is 2. The normalized spacial score (nSPS) is 18.5. The van der Waals surface area contributed by atoms with Crippen molar-refractivity contribution < 1.29 is 0 Å². The first-order valence-corrected chi connectivity index (χ1v) is 13.9. The highest BCUT2D eigenvalue weighted by atomic mass is 35.5. The van der Waals surface area contributed by atoms with Crippen LogP contribution in [0.5, 0.6) is 0 Å². The summed E-state index contributed by atoms with van der Waals surface area (Å²) in [6.45, 7) is 2.06. The minimum atomic E-state index is -0.212. The maximum absolute atomic E-state index is 13.9. The number of allylic oxidation sites excluding steroid dienone is 2. The monoisotopic (exact) mass is 542 g/mol. The van der Waals surface area contributed by atoms with E-state index in [0.29, 0.717) is 9.55 Å². The van der Waals surface area contributed by atoms with E-state index in [0.717, 1.165) is 57.0 Å². The standard InChI is InChI=1S/C31H24Cl2N2OS/c1-19-5-2-3-6-22(19)18-27-30(36)35-29(21-11-15-25(33)16-12-21)26-8-4-7-23(28(26)34-31(35)37-27)17-20-9-13-24(32)14-10-20/h2-3,5-6,9-18,29H,4,7-8H2,1H3/b23-17+,27-18+/t29-/m0/s1. The van der Waals surface area contributed by atoms with Crippen molar-refractivity contribution in [2.24, 2.45) is 4.99 Å². The van der Waals surface area contributed by atoms with E-state index in [9.17, 15) is 4.79 Å². The van der Waals surface area contributed by atoms with Crippen molar-refractivity contribution >= 4 is 46.7 Å². The van der Waals surface area contributed by atoms with Crippen LogP contribution in [0, 0.1) is 6.92 Å². The lowest BCUT2D eigenvalue weighted by Crippen LogP contribution is -2.39. The molecule has 1 aromatic heterocycles. The molecule has 3 nitrogen and oxygen atoms in total. The van der Waals surface area contributed by atoms with E-state index in [1.165, 1.54) is 22.5 Å². The third-order valence-corrected chi connectivity index (χ3v) is 8.49. The lowest BCUT2D eigenvalue weighted by atomic mass is 9.84. The van der Waals surface area contributed by atoms with Gasteiger partial charge in [0, 0.05) is 10.0 Å². The molecule has 0 saturated heterocycles. The van der Waals surface area contributed by atoms with Crippen LogP contribution in [0.15, 0.2) is 99.4 Å². The van der Waals surface area contributed by atoms with Crippen LogP contribution in [0.25, 0.3) is 12.2 Å². The molecule has 184 valence electrons. The second-order valence-electron chi connectivity index (χ2n) is 9.44. The number of halogens is 2. The molecule has 1 atom stereocenters. The lowest BCUT2D eigenvalue weighted by molar-refractivity contribution is 0.553. The summed E-state index contributed by atoms with van der Waals surface area (Å²) in [5.41, 5.74) is 7.69.